The van der Waals surface area contributed by atoms with Gasteiger partial charge < -0.3 is 14.8 Å². The molecule has 2 rings (SSSR count). The summed E-state index contributed by atoms with van der Waals surface area (Å²) in [6, 6.07) is 11.2. The van der Waals surface area contributed by atoms with Crippen LogP contribution in [-0.2, 0) is 4.79 Å². The number of carbonyl (C=O) groups is 1. The third-order valence-corrected chi connectivity index (χ3v) is 3.40. The Morgan fingerprint density at radius 3 is 2.74 bits per heavy atom. The van der Waals surface area contributed by atoms with Gasteiger partial charge in [-0.15, -0.1) is 0 Å². The lowest BCUT2D eigenvalue weighted by Crippen LogP contribution is -2.31. The summed E-state index contributed by atoms with van der Waals surface area (Å²) in [7, 11) is 1.59. The van der Waals surface area contributed by atoms with Crippen molar-refractivity contribution in [2.75, 3.05) is 13.7 Å². The molecule has 1 amide bonds. The van der Waals surface area contributed by atoms with Gasteiger partial charge >= 0.3 is 0 Å². The predicted octanol–water partition coefficient (Wildman–Crippen LogP) is 3.40. The lowest BCUT2D eigenvalue weighted by molar-refractivity contribution is -0.123. The summed E-state index contributed by atoms with van der Waals surface area (Å²) in [6.07, 6.45) is 0. The van der Waals surface area contributed by atoms with Gasteiger partial charge in [0.25, 0.3) is 5.91 Å². The summed E-state index contributed by atoms with van der Waals surface area (Å²) >= 11 is 0. The zero-order valence-corrected chi connectivity index (χ0v) is 13.4. The molecule has 0 saturated heterocycles. The number of carbonyl (C=O) groups excluding carboxylic acids is 1. The molecule has 1 N–H and O–H groups in total. The van der Waals surface area contributed by atoms with Crippen LogP contribution in [0.1, 0.15) is 24.1 Å². The standard InChI is InChI=1S/C18H20FNO3/c1-12-7-8-17(22-3)16(9-12)13(2)20-18(21)11-23-15-6-4-5-14(19)10-15/h4-10,13H,11H2,1-3H3,(H,20,21)/t13-/m0/s1. The van der Waals surface area contributed by atoms with E-state index in [9.17, 15) is 9.18 Å². The van der Waals surface area contributed by atoms with Gasteiger partial charge in [-0.05, 0) is 32.0 Å². The maximum atomic E-state index is 13.0. The molecule has 0 aliphatic rings. The van der Waals surface area contributed by atoms with Gasteiger partial charge in [0, 0.05) is 11.6 Å². The van der Waals surface area contributed by atoms with Gasteiger partial charge in [-0.25, -0.2) is 4.39 Å². The topological polar surface area (TPSA) is 47.6 Å². The predicted molar refractivity (Wildman–Crippen MR) is 86.2 cm³/mol. The van der Waals surface area contributed by atoms with E-state index in [-0.39, 0.29) is 18.6 Å². The van der Waals surface area contributed by atoms with Crippen molar-refractivity contribution in [3.63, 3.8) is 0 Å². The highest BCUT2D eigenvalue weighted by molar-refractivity contribution is 5.78. The summed E-state index contributed by atoms with van der Waals surface area (Å²) in [4.78, 5) is 12.0. The Morgan fingerprint density at radius 2 is 2.04 bits per heavy atom. The molecule has 0 aromatic heterocycles. The summed E-state index contributed by atoms with van der Waals surface area (Å²) in [5.41, 5.74) is 1.98. The number of hydrogen-bond acceptors (Lipinski definition) is 3. The summed E-state index contributed by atoms with van der Waals surface area (Å²) in [5.74, 6) is 0.349. The number of hydrogen-bond donors (Lipinski definition) is 1. The lowest BCUT2D eigenvalue weighted by atomic mass is 10.0. The first kappa shape index (κ1) is 16.8. The molecule has 0 aliphatic carbocycles. The summed E-state index contributed by atoms with van der Waals surface area (Å²) < 4.78 is 23.7. The Hall–Kier alpha value is -2.56. The van der Waals surface area contributed by atoms with E-state index >= 15 is 0 Å². The van der Waals surface area contributed by atoms with E-state index in [4.69, 9.17) is 9.47 Å². The van der Waals surface area contributed by atoms with Crippen LogP contribution in [0.25, 0.3) is 0 Å². The van der Waals surface area contributed by atoms with Crippen molar-refractivity contribution in [2.45, 2.75) is 19.9 Å². The van der Waals surface area contributed by atoms with Crippen LogP contribution in [0.4, 0.5) is 4.39 Å². The van der Waals surface area contributed by atoms with Crippen molar-refractivity contribution in [2.24, 2.45) is 0 Å². The first-order chi connectivity index (χ1) is 11.0. The van der Waals surface area contributed by atoms with Crippen LogP contribution in [0, 0.1) is 12.7 Å². The number of nitrogens with one attached hydrogen (secondary N) is 1. The Labute approximate surface area is 135 Å². The zero-order chi connectivity index (χ0) is 16.8. The molecule has 0 unspecified atom stereocenters. The van der Waals surface area contributed by atoms with Crippen molar-refractivity contribution in [1.82, 2.24) is 5.32 Å². The fourth-order valence-corrected chi connectivity index (χ4v) is 2.26. The second-order valence-electron chi connectivity index (χ2n) is 5.28. The Morgan fingerprint density at radius 1 is 1.26 bits per heavy atom. The number of rotatable bonds is 6. The average Bonchev–Trinajstić information content (AvgIpc) is 2.53. The molecule has 0 radical (unpaired) electrons. The number of methoxy groups -OCH3 is 1. The van der Waals surface area contributed by atoms with Crippen molar-refractivity contribution < 1.29 is 18.7 Å². The minimum atomic E-state index is -0.402. The minimum Gasteiger partial charge on any atom is -0.496 e. The molecule has 122 valence electrons. The number of benzene rings is 2. The average molecular weight is 317 g/mol. The summed E-state index contributed by atoms with van der Waals surface area (Å²) in [6.45, 7) is 3.67. The Kier molecular flexibility index (Phi) is 5.57. The molecule has 23 heavy (non-hydrogen) atoms. The molecule has 0 saturated carbocycles. The second-order valence-corrected chi connectivity index (χ2v) is 5.28. The third-order valence-electron chi connectivity index (χ3n) is 3.40. The largest absolute Gasteiger partial charge is 0.496 e. The Bertz CT molecular complexity index is 688. The normalized spacial score (nSPS) is 11.7. The van der Waals surface area contributed by atoms with E-state index in [1.165, 1.54) is 18.2 Å². The molecule has 0 heterocycles. The molecule has 0 spiro atoms. The van der Waals surface area contributed by atoms with Crippen LogP contribution in [0.5, 0.6) is 11.5 Å². The van der Waals surface area contributed by atoms with E-state index in [1.54, 1.807) is 13.2 Å². The van der Waals surface area contributed by atoms with Crippen molar-refractivity contribution >= 4 is 5.91 Å². The number of halogens is 1. The molecular weight excluding hydrogens is 297 g/mol. The third kappa shape index (κ3) is 4.71. The lowest BCUT2D eigenvalue weighted by Gasteiger charge is -2.18. The van der Waals surface area contributed by atoms with Gasteiger partial charge in [0.1, 0.15) is 17.3 Å². The van der Waals surface area contributed by atoms with Gasteiger partial charge in [-0.1, -0.05) is 23.8 Å². The minimum absolute atomic E-state index is 0.179. The molecule has 2 aromatic carbocycles. The van der Waals surface area contributed by atoms with Crippen LogP contribution in [-0.4, -0.2) is 19.6 Å². The molecule has 1 atom stereocenters. The summed E-state index contributed by atoms with van der Waals surface area (Å²) in [5, 5.41) is 2.85. The SMILES string of the molecule is COc1ccc(C)cc1[C@H](C)NC(=O)COc1cccc(F)c1. The fourth-order valence-electron chi connectivity index (χ4n) is 2.26. The molecule has 4 nitrogen and oxygen atoms in total. The van der Waals surface area contributed by atoms with Crippen LogP contribution in [0.15, 0.2) is 42.5 Å². The van der Waals surface area contributed by atoms with Gasteiger partial charge in [-0.3, -0.25) is 4.79 Å². The maximum Gasteiger partial charge on any atom is 0.258 e. The molecule has 0 aliphatic heterocycles. The molecular formula is C18H20FNO3. The smallest absolute Gasteiger partial charge is 0.258 e. The quantitative estimate of drug-likeness (QED) is 0.888. The molecule has 0 bridgehead atoms. The van der Waals surface area contributed by atoms with Gasteiger partial charge in [-0.2, -0.15) is 0 Å². The van der Waals surface area contributed by atoms with Gasteiger partial charge in [0.15, 0.2) is 6.61 Å². The number of aryl methyl sites for hydroxylation is 1. The monoisotopic (exact) mass is 317 g/mol. The van der Waals surface area contributed by atoms with E-state index in [0.29, 0.717) is 5.75 Å². The van der Waals surface area contributed by atoms with Crippen molar-refractivity contribution in [3.8, 4) is 11.5 Å². The first-order valence-corrected chi connectivity index (χ1v) is 7.32. The second kappa shape index (κ2) is 7.63. The molecule has 2 aromatic rings. The fraction of sp³-hybridized carbons (Fsp3) is 0.278. The van der Waals surface area contributed by atoms with Crippen LogP contribution >= 0.6 is 0 Å². The van der Waals surface area contributed by atoms with Crippen molar-refractivity contribution in [1.29, 1.82) is 0 Å². The number of amides is 1. The molecule has 0 fully saturated rings. The van der Waals surface area contributed by atoms with Crippen LogP contribution in [0.2, 0.25) is 0 Å². The highest BCUT2D eigenvalue weighted by Gasteiger charge is 2.14. The van der Waals surface area contributed by atoms with E-state index < -0.39 is 5.82 Å². The zero-order valence-electron chi connectivity index (χ0n) is 13.4. The highest BCUT2D eigenvalue weighted by Crippen LogP contribution is 2.26. The maximum absolute atomic E-state index is 13.0. The van der Waals surface area contributed by atoms with Crippen LogP contribution < -0.4 is 14.8 Å². The van der Waals surface area contributed by atoms with Crippen LogP contribution in [0.3, 0.4) is 0 Å². The van der Waals surface area contributed by atoms with Gasteiger partial charge in [0.2, 0.25) is 0 Å². The molecule has 5 heteroatoms. The van der Waals surface area contributed by atoms with E-state index in [0.717, 1.165) is 16.9 Å². The van der Waals surface area contributed by atoms with E-state index in [2.05, 4.69) is 5.32 Å². The van der Waals surface area contributed by atoms with Gasteiger partial charge in [0.05, 0.1) is 13.2 Å². The number of ether oxygens (including phenoxy) is 2. The Balaban J connectivity index is 1.96. The highest BCUT2D eigenvalue weighted by atomic mass is 19.1. The van der Waals surface area contributed by atoms with Crippen molar-refractivity contribution in [3.05, 3.63) is 59.4 Å². The first-order valence-electron chi connectivity index (χ1n) is 7.32. The van der Waals surface area contributed by atoms with E-state index in [1.807, 2.05) is 32.0 Å².